The van der Waals surface area contributed by atoms with Crippen LogP contribution in [0.1, 0.15) is 12.0 Å². The molecule has 1 aliphatic rings. The van der Waals surface area contributed by atoms with Gasteiger partial charge in [-0.1, -0.05) is 28.1 Å². The van der Waals surface area contributed by atoms with Gasteiger partial charge < -0.3 is 10.2 Å². The number of nitrogens with zero attached hydrogens (tertiary/aromatic N) is 3. The lowest BCUT2D eigenvalue weighted by molar-refractivity contribution is -0.138. The molecule has 1 aromatic heterocycles. The van der Waals surface area contributed by atoms with Crippen molar-refractivity contribution in [2.45, 2.75) is 18.9 Å². The molecule has 3 aromatic rings. The summed E-state index contributed by atoms with van der Waals surface area (Å²) in [5, 5.41) is 25.7. The molecule has 1 atom stereocenters. The molecule has 0 bridgehead atoms. The summed E-state index contributed by atoms with van der Waals surface area (Å²) in [5.41, 5.74) is 3.01. The maximum Gasteiger partial charge on any atom is 0.328 e. The number of fused-ring (bicyclic) bond motifs is 2. The number of anilines is 2. The van der Waals surface area contributed by atoms with Gasteiger partial charge in [0.05, 0.1) is 5.69 Å². The minimum atomic E-state index is -0.921. The topological polar surface area (TPSA) is 76.9 Å². The van der Waals surface area contributed by atoms with Gasteiger partial charge in [-0.05, 0) is 60.7 Å². The van der Waals surface area contributed by atoms with Gasteiger partial charge in [0.2, 0.25) is 0 Å². The van der Waals surface area contributed by atoms with Crippen LogP contribution in [0, 0.1) is 0 Å². The van der Waals surface area contributed by atoms with Crippen molar-refractivity contribution in [1.29, 1.82) is 0 Å². The zero-order valence-corrected chi connectivity index (χ0v) is 18.9. The van der Waals surface area contributed by atoms with Crippen molar-refractivity contribution in [2.75, 3.05) is 28.6 Å². The normalized spacial score (nSPS) is 14.0. The molecule has 0 radical (unpaired) electrons. The van der Waals surface area contributed by atoms with Gasteiger partial charge in [0.25, 0.3) is 0 Å². The first-order chi connectivity index (χ1) is 14.5. The molecule has 0 spiro atoms. The molecule has 2 heterocycles. The number of pyridine rings is 1. The van der Waals surface area contributed by atoms with E-state index in [4.69, 9.17) is 0 Å². The lowest BCUT2D eigenvalue weighted by Gasteiger charge is -2.40. The Morgan fingerprint density at radius 2 is 2.17 bits per heavy atom. The number of halogens is 1. The molecule has 2 aromatic carbocycles. The second kappa shape index (κ2) is 8.73. The van der Waals surface area contributed by atoms with Crippen molar-refractivity contribution >= 4 is 55.9 Å². The first kappa shape index (κ1) is 20.8. The Kier molecular flexibility index (Phi) is 6.06. The van der Waals surface area contributed by atoms with Gasteiger partial charge in [-0.3, -0.25) is 15.0 Å². The number of aromatic nitrogens is 1. The van der Waals surface area contributed by atoms with Crippen LogP contribution >= 0.6 is 27.7 Å². The van der Waals surface area contributed by atoms with Gasteiger partial charge in [0, 0.05) is 22.6 Å². The quantitative estimate of drug-likeness (QED) is 0.500. The molecule has 2 N–H and O–H groups in total. The number of phenols is 1. The second-order valence-electron chi connectivity index (χ2n) is 7.13. The van der Waals surface area contributed by atoms with Gasteiger partial charge in [-0.25, -0.2) is 4.79 Å². The second-order valence-corrected chi connectivity index (χ2v) is 9.04. The molecular weight excluding hydrogens is 466 g/mol. The van der Waals surface area contributed by atoms with E-state index in [0.717, 1.165) is 27.5 Å². The van der Waals surface area contributed by atoms with Crippen LogP contribution in [0.5, 0.6) is 5.75 Å². The standard InChI is InChI=1S/C22H22BrN3O3S/c1-30-12-9-19(22(28)29)26(25-11-8-15-13-16(23)5-7-17(15)25)18-6-4-14-3-2-10-24-20(14)21(18)27/h2-7,10,13,19,27H,8-9,11-12H2,1H3,(H,28,29)/t19-/m0/s1. The summed E-state index contributed by atoms with van der Waals surface area (Å²) in [6, 6.07) is 12.5. The monoisotopic (exact) mass is 487 g/mol. The number of aliphatic carboxylic acids is 1. The van der Waals surface area contributed by atoms with E-state index in [9.17, 15) is 15.0 Å². The molecule has 1 aliphatic heterocycles. The van der Waals surface area contributed by atoms with Crippen LogP contribution in [0.15, 0.2) is 53.1 Å². The lowest BCUT2D eigenvalue weighted by atomic mass is 10.1. The Labute approximate surface area is 187 Å². The predicted octanol–water partition coefficient (Wildman–Crippen LogP) is 4.69. The maximum absolute atomic E-state index is 12.3. The molecule has 0 saturated heterocycles. The Balaban J connectivity index is 1.87. The van der Waals surface area contributed by atoms with Gasteiger partial charge in [0.15, 0.2) is 5.75 Å². The van der Waals surface area contributed by atoms with Crippen LogP contribution in [0.3, 0.4) is 0 Å². The third-order valence-corrected chi connectivity index (χ3v) is 6.46. The molecule has 0 saturated carbocycles. The van der Waals surface area contributed by atoms with Crippen LogP contribution in [0.2, 0.25) is 0 Å². The highest BCUT2D eigenvalue weighted by molar-refractivity contribution is 9.10. The highest BCUT2D eigenvalue weighted by atomic mass is 79.9. The van der Waals surface area contributed by atoms with Gasteiger partial charge in [0.1, 0.15) is 17.2 Å². The fourth-order valence-electron chi connectivity index (χ4n) is 3.93. The highest BCUT2D eigenvalue weighted by Crippen LogP contribution is 2.40. The van der Waals surface area contributed by atoms with E-state index in [-0.39, 0.29) is 5.75 Å². The molecule has 4 rings (SSSR count). The smallest absolute Gasteiger partial charge is 0.328 e. The molecular formula is C22H22BrN3O3S. The van der Waals surface area contributed by atoms with Crippen molar-refractivity contribution < 1.29 is 15.0 Å². The number of carboxylic acid groups (broad SMARTS) is 1. The minimum Gasteiger partial charge on any atom is -0.504 e. The molecule has 0 fully saturated rings. The number of benzene rings is 2. The largest absolute Gasteiger partial charge is 0.504 e. The Morgan fingerprint density at radius 1 is 1.33 bits per heavy atom. The van der Waals surface area contributed by atoms with Crippen LogP contribution in [-0.4, -0.2) is 45.8 Å². The first-order valence-electron chi connectivity index (χ1n) is 9.65. The zero-order valence-electron chi connectivity index (χ0n) is 16.5. The number of carbonyl (C=O) groups is 1. The number of hydrogen-bond donors (Lipinski definition) is 2. The Morgan fingerprint density at radius 3 is 2.93 bits per heavy atom. The van der Waals surface area contributed by atoms with E-state index in [2.05, 4.69) is 27.0 Å². The number of rotatable bonds is 7. The maximum atomic E-state index is 12.3. The Hall–Kier alpha value is -2.45. The minimum absolute atomic E-state index is 0.00550. The van der Waals surface area contributed by atoms with Crippen molar-refractivity contribution in [2.24, 2.45) is 0 Å². The fraction of sp³-hybridized carbons (Fsp3) is 0.273. The van der Waals surface area contributed by atoms with Crippen molar-refractivity contribution in [3.8, 4) is 5.75 Å². The van der Waals surface area contributed by atoms with Crippen LogP contribution in [0.25, 0.3) is 10.9 Å². The van der Waals surface area contributed by atoms with E-state index in [1.807, 2.05) is 41.6 Å². The third-order valence-electron chi connectivity index (χ3n) is 5.32. The SMILES string of the molecule is CSCC[C@@H](C(=O)O)N(c1ccc2cccnc2c1O)N1CCc2cc(Br)ccc21. The van der Waals surface area contributed by atoms with Crippen LogP contribution < -0.4 is 10.0 Å². The number of thioether (sulfide) groups is 1. The predicted molar refractivity (Wildman–Crippen MR) is 126 cm³/mol. The summed E-state index contributed by atoms with van der Waals surface area (Å²) < 4.78 is 0.990. The molecule has 30 heavy (non-hydrogen) atoms. The van der Waals surface area contributed by atoms with Gasteiger partial charge >= 0.3 is 5.97 Å². The zero-order chi connectivity index (χ0) is 21.3. The van der Waals surface area contributed by atoms with Crippen LogP contribution in [0.4, 0.5) is 11.4 Å². The lowest BCUT2D eigenvalue weighted by Crippen LogP contribution is -2.52. The van der Waals surface area contributed by atoms with Gasteiger partial charge in [-0.2, -0.15) is 11.8 Å². The highest BCUT2D eigenvalue weighted by Gasteiger charge is 2.35. The van der Waals surface area contributed by atoms with Crippen LogP contribution in [-0.2, 0) is 11.2 Å². The van der Waals surface area contributed by atoms with Gasteiger partial charge in [-0.15, -0.1) is 0 Å². The summed E-state index contributed by atoms with van der Waals surface area (Å²) >= 11 is 5.12. The summed E-state index contributed by atoms with van der Waals surface area (Å²) in [7, 11) is 0. The molecule has 0 aliphatic carbocycles. The molecule has 6 nitrogen and oxygen atoms in total. The molecule has 0 unspecified atom stereocenters. The summed E-state index contributed by atoms with van der Waals surface area (Å²) in [6.45, 7) is 0.633. The molecule has 0 amide bonds. The molecule has 156 valence electrons. The first-order valence-corrected chi connectivity index (χ1v) is 11.8. The van der Waals surface area contributed by atoms with Crippen molar-refractivity contribution in [3.05, 3.63) is 58.7 Å². The van der Waals surface area contributed by atoms with E-state index in [0.29, 0.717) is 29.9 Å². The number of hydrazine groups is 1. The number of carboxylic acids is 1. The summed E-state index contributed by atoms with van der Waals surface area (Å²) in [5.74, 6) is -0.231. The third kappa shape index (κ3) is 3.81. The van der Waals surface area contributed by atoms with Crippen molar-refractivity contribution in [3.63, 3.8) is 0 Å². The number of hydrogen-bond acceptors (Lipinski definition) is 6. The number of aromatic hydroxyl groups is 1. The van der Waals surface area contributed by atoms with E-state index < -0.39 is 12.0 Å². The fourth-order valence-corrected chi connectivity index (χ4v) is 4.79. The average Bonchev–Trinajstić information content (AvgIpc) is 3.14. The van der Waals surface area contributed by atoms with E-state index in [1.54, 1.807) is 29.0 Å². The molecule has 8 heteroatoms. The Bertz CT molecular complexity index is 1090. The van der Waals surface area contributed by atoms with E-state index in [1.165, 1.54) is 0 Å². The number of phenolic OH excluding ortho intramolecular Hbond substituents is 1. The summed E-state index contributed by atoms with van der Waals surface area (Å²) in [4.78, 5) is 16.7. The average molecular weight is 488 g/mol. The van der Waals surface area contributed by atoms with E-state index >= 15 is 0 Å². The summed E-state index contributed by atoms with van der Waals surface area (Å²) in [6.07, 6.45) is 4.83. The van der Waals surface area contributed by atoms with Crippen molar-refractivity contribution in [1.82, 2.24) is 4.98 Å².